The second kappa shape index (κ2) is 7.32. The highest BCUT2D eigenvalue weighted by Gasteiger charge is 2.64. The van der Waals surface area contributed by atoms with Gasteiger partial charge >= 0.3 is 0 Å². The lowest BCUT2D eigenvalue weighted by molar-refractivity contribution is -0.0191. The minimum absolute atomic E-state index is 0.177. The van der Waals surface area contributed by atoms with Crippen LogP contribution in [-0.4, -0.2) is 29.7 Å². The molecule has 3 aliphatic rings. The zero-order valence-electron chi connectivity index (χ0n) is 18.4. The van der Waals surface area contributed by atoms with E-state index in [4.69, 9.17) is 20.5 Å². The van der Waals surface area contributed by atoms with Gasteiger partial charge in [0.25, 0.3) is 0 Å². The summed E-state index contributed by atoms with van der Waals surface area (Å²) >= 11 is 0. The van der Waals surface area contributed by atoms with Crippen molar-refractivity contribution in [3.63, 3.8) is 0 Å². The summed E-state index contributed by atoms with van der Waals surface area (Å²) in [5.74, 6) is 6.88. The first-order valence-electron chi connectivity index (χ1n) is 10.9. The largest absolute Gasteiger partial charge is 0.382 e. The molecule has 2 unspecified atom stereocenters. The molecule has 158 valence electrons. The quantitative estimate of drug-likeness (QED) is 0.759. The average molecular weight is 413 g/mol. The van der Waals surface area contributed by atoms with Crippen molar-refractivity contribution < 1.29 is 4.74 Å². The zero-order chi connectivity index (χ0) is 21.6. The van der Waals surface area contributed by atoms with Crippen molar-refractivity contribution in [2.75, 3.05) is 7.11 Å². The number of aliphatic imine (C=N–C) groups is 2. The van der Waals surface area contributed by atoms with Gasteiger partial charge in [0.15, 0.2) is 5.66 Å². The normalized spacial score (nSPS) is 31.2. The molecule has 5 nitrogen and oxygen atoms in total. The number of nitrogens with zero attached hydrogens (tertiary/aromatic N) is 3. The summed E-state index contributed by atoms with van der Waals surface area (Å²) in [4.78, 5) is 14.8. The van der Waals surface area contributed by atoms with Crippen molar-refractivity contribution in [2.24, 2.45) is 21.1 Å². The number of amidine groups is 1. The monoisotopic (exact) mass is 412 g/mol. The van der Waals surface area contributed by atoms with Gasteiger partial charge in [0.1, 0.15) is 5.84 Å². The van der Waals surface area contributed by atoms with E-state index in [-0.39, 0.29) is 17.4 Å². The van der Waals surface area contributed by atoms with Gasteiger partial charge in [0, 0.05) is 36.0 Å². The SMILES string of the molecule is CC#Cc1cncc(C2C[C@H](OC)CC[C@@]23Cc2ccccc2C32N=C(C)C(N)=N2)c1. The van der Waals surface area contributed by atoms with E-state index < -0.39 is 5.66 Å². The molecule has 5 heteroatoms. The fourth-order valence-corrected chi connectivity index (χ4v) is 6.03. The van der Waals surface area contributed by atoms with E-state index in [2.05, 4.69) is 47.2 Å². The van der Waals surface area contributed by atoms with E-state index in [1.54, 1.807) is 0 Å². The topological polar surface area (TPSA) is 72.9 Å². The van der Waals surface area contributed by atoms with E-state index in [0.717, 1.165) is 37.0 Å². The summed E-state index contributed by atoms with van der Waals surface area (Å²) in [7, 11) is 1.81. The fourth-order valence-electron chi connectivity index (χ4n) is 6.03. The number of aromatic nitrogens is 1. The highest BCUT2D eigenvalue weighted by Crippen LogP contribution is 2.66. The number of pyridine rings is 1. The molecule has 2 heterocycles. The van der Waals surface area contributed by atoms with Crippen molar-refractivity contribution in [2.45, 2.75) is 57.2 Å². The molecule has 2 N–H and O–H groups in total. The smallest absolute Gasteiger partial charge is 0.185 e. The van der Waals surface area contributed by atoms with Crippen LogP contribution in [0.5, 0.6) is 0 Å². The van der Waals surface area contributed by atoms with Crippen molar-refractivity contribution in [3.05, 3.63) is 65.0 Å². The van der Waals surface area contributed by atoms with Gasteiger partial charge in [-0.3, -0.25) is 9.98 Å². The number of rotatable bonds is 2. The molecule has 2 aromatic rings. The van der Waals surface area contributed by atoms with Crippen LogP contribution in [0.2, 0.25) is 0 Å². The maximum atomic E-state index is 6.35. The van der Waals surface area contributed by atoms with Crippen LogP contribution in [0.15, 0.2) is 52.7 Å². The maximum Gasteiger partial charge on any atom is 0.185 e. The Balaban J connectivity index is 1.73. The lowest BCUT2D eigenvalue weighted by atomic mass is 9.57. The first kappa shape index (κ1) is 20.0. The first-order valence-corrected chi connectivity index (χ1v) is 10.9. The van der Waals surface area contributed by atoms with Crippen LogP contribution in [-0.2, 0) is 16.8 Å². The van der Waals surface area contributed by atoms with E-state index in [1.807, 2.05) is 33.4 Å². The minimum Gasteiger partial charge on any atom is -0.382 e. The second-order valence-electron chi connectivity index (χ2n) is 8.92. The van der Waals surface area contributed by atoms with Gasteiger partial charge in [-0.15, -0.1) is 5.92 Å². The zero-order valence-corrected chi connectivity index (χ0v) is 18.4. The molecule has 5 rings (SSSR count). The Morgan fingerprint density at radius 2 is 2.03 bits per heavy atom. The van der Waals surface area contributed by atoms with Crippen LogP contribution in [0, 0.1) is 17.3 Å². The third kappa shape index (κ3) is 2.85. The van der Waals surface area contributed by atoms with Gasteiger partial charge in [0.05, 0.1) is 11.8 Å². The molecule has 2 aliphatic carbocycles. The summed E-state index contributed by atoms with van der Waals surface area (Å²) < 4.78 is 5.85. The number of hydrogen-bond donors (Lipinski definition) is 1. The van der Waals surface area contributed by atoms with Gasteiger partial charge < -0.3 is 10.5 Å². The Morgan fingerprint density at radius 3 is 2.77 bits per heavy atom. The molecule has 1 aromatic carbocycles. The van der Waals surface area contributed by atoms with Gasteiger partial charge in [-0.25, -0.2) is 4.99 Å². The van der Waals surface area contributed by atoms with Crippen LogP contribution in [0.1, 0.15) is 61.3 Å². The predicted molar refractivity (Wildman–Crippen MR) is 123 cm³/mol. The number of hydrogen-bond acceptors (Lipinski definition) is 5. The first-order chi connectivity index (χ1) is 15.0. The summed E-state index contributed by atoms with van der Waals surface area (Å²) in [6.07, 6.45) is 7.78. The summed E-state index contributed by atoms with van der Waals surface area (Å²) in [6, 6.07) is 10.8. The molecule has 0 bridgehead atoms. The number of fused-ring (bicyclic) bond motifs is 3. The summed E-state index contributed by atoms with van der Waals surface area (Å²) in [5, 5.41) is 0. The van der Waals surface area contributed by atoms with Crippen molar-refractivity contribution in [1.29, 1.82) is 0 Å². The van der Waals surface area contributed by atoms with Crippen LogP contribution < -0.4 is 5.73 Å². The Bertz CT molecular complexity index is 1140. The van der Waals surface area contributed by atoms with Crippen LogP contribution in [0.25, 0.3) is 0 Å². The molecule has 0 amide bonds. The molecule has 4 atom stereocenters. The molecule has 1 aromatic heterocycles. The highest BCUT2D eigenvalue weighted by molar-refractivity contribution is 6.41. The number of benzene rings is 1. The Hall–Kier alpha value is -2.97. The Kier molecular flexibility index (Phi) is 4.71. The number of methoxy groups -OCH3 is 1. The van der Waals surface area contributed by atoms with Gasteiger partial charge in [0.2, 0.25) is 0 Å². The van der Waals surface area contributed by atoms with Crippen molar-refractivity contribution in [1.82, 2.24) is 4.98 Å². The van der Waals surface area contributed by atoms with Gasteiger partial charge in [-0.1, -0.05) is 30.2 Å². The van der Waals surface area contributed by atoms with Gasteiger partial charge in [-0.2, -0.15) is 0 Å². The molecule has 1 saturated carbocycles. The van der Waals surface area contributed by atoms with E-state index in [0.29, 0.717) is 5.84 Å². The summed E-state index contributed by atoms with van der Waals surface area (Å²) in [6.45, 7) is 3.82. The molecular weight excluding hydrogens is 384 g/mol. The lowest BCUT2D eigenvalue weighted by Crippen LogP contribution is -2.48. The third-order valence-electron chi connectivity index (χ3n) is 7.42. The minimum atomic E-state index is -0.687. The van der Waals surface area contributed by atoms with Crippen LogP contribution in [0.3, 0.4) is 0 Å². The average Bonchev–Trinajstić information content (AvgIpc) is 3.23. The molecular formula is C26H28N4O. The molecule has 2 spiro atoms. The van der Waals surface area contributed by atoms with Gasteiger partial charge in [-0.05, 0) is 62.6 Å². The molecule has 1 aliphatic heterocycles. The van der Waals surface area contributed by atoms with Crippen molar-refractivity contribution >= 4 is 11.5 Å². The van der Waals surface area contributed by atoms with Crippen LogP contribution >= 0.6 is 0 Å². The third-order valence-corrected chi connectivity index (χ3v) is 7.42. The van der Waals surface area contributed by atoms with E-state index >= 15 is 0 Å². The standard InChI is InChI=1S/C26H28N4O/c1-4-7-18-12-20(16-28-15-18)23-13-21(31-3)10-11-25(23)14-19-8-5-6-9-22(19)26(25)29-17(2)24(27)30-26/h5-6,8-9,12,15-16,21,23H,10-11,13-14H2,1-3H3,(H2,27,30)/t21-,23?,25-,26?/m1/s1. The fraction of sp³-hybridized carbons (Fsp3) is 0.423. The van der Waals surface area contributed by atoms with E-state index in [9.17, 15) is 0 Å². The Labute approximate surface area is 183 Å². The summed E-state index contributed by atoms with van der Waals surface area (Å²) in [5.41, 5.74) is 10.9. The molecule has 0 radical (unpaired) electrons. The lowest BCUT2D eigenvalue weighted by Gasteiger charge is -2.50. The maximum absolute atomic E-state index is 6.35. The van der Waals surface area contributed by atoms with Crippen LogP contribution in [0.4, 0.5) is 0 Å². The predicted octanol–water partition coefficient (Wildman–Crippen LogP) is 3.96. The molecule has 31 heavy (non-hydrogen) atoms. The second-order valence-corrected chi connectivity index (χ2v) is 8.92. The molecule has 1 fully saturated rings. The van der Waals surface area contributed by atoms with Crippen molar-refractivity contribution in [3.8, 4) is 11.8 Å². The highest BCUT2D eigenvalue weighted by atomic mass is 16.5. The Morgan fingerprint density at radius 1 is 1.19 bits per heavy atom. The number of nitrogens with two attached hydrogens (primary N) is 1. The molecule has 0 saturated heterocycles. The van der Waals surface area contributed by atoms with E-state index in [1.165, 1.54) is 16.7 Å². The number of ether oxygens (including phenoxy) is 1.